The number of carbonyl (C=O) groups excluding carboxylic acids is 1. The predicted molar refractivity (Wildman–Crippen MR) is 69.6 cm³/mol. The normalized spacial score (nSPS) is 23.1. The number of rotatable bonds is 4. The van der Waals surface area contributed by atoms with Crippen LogP contribution in [0.3, 0.4) is 0 Å². The monoisotopic (exact) mass is 265 g/mol. The Morgan fingerprint density at radius 3 is 2.74 bits per heavy atom. The highest BCUT2D eigenvalue weighted by atomic mass is 16.3. The maximum Gasteiger partial charge on any atom is 0.228 e. The Morgan fingerprint density at radius 2 is 2.11 bits per heavy atom. The van der Waals surface area contributed by atoms with Crippen molar-refractivity contribution in [3.8, 4) is 11.5 Å². The molecule has 19 heavy (non-hydrogen) atoms. The van der Waals surface area contributed by atoms with Crippen LogP contribution in [-0.4, -0.2) is 38.9 Å². The van der Waals surface area contributed by atoms with Gasteiger partial charge in [0.25, 0.3) is 0 Å². The molecule has 1 aliphatic heterocycles. The Hall–Kier alpha value is -1.75. The van der Waals surface area contributed by atoms with Gasteiger partial charge in [-0.25, -0.2) is 0 Å². The van der Waals surface area contributed by atoms with E-state index >= 15 is 0 Å². The fourth-order valence-electron chi connectivity index (χ4n) is 2.52. The van der Waals surface area contributed by atoms with Gasteiger partial charge in [-0.3, -0.25) is 4.79 Å². The van der Waals surface area contributed by atoms with Crippen LogP contribution in [0.15, 0.2) is 18.2 Å². The van der Waals surface area contributed by atoms with Gasteiger partial charge in [0.1, 0.15) is 17.7 Å². The van der Waals surface area contributed by atoms with Gasteiger partial charge in [-0.1, -0.05) is 13.0 Å². The zero-order valence-corrected chi connectivity index (χ0v) is 10.9. The van der Waals surface area contributed by atoms with Crippen molar-refractivity contribution in [1.82, 2.24) is 4.90 Å². The number of hydrogen-bond acceptors (Lipinski definition) is 4. The summed E-state index contributed by atoms with van der Waals surface area (Å²) in [6.07, 6.45) is 0.846. The molecule has 1 aromatic carbocycles. The summed E-state index contributed by atoms with van der Waals surface area (Å²) in [5, 5.41) is 28.8. The molecule has 5 heteroatoms. The second-order valence-electron chi connectivity index (χ2n) is 4.96. The average molecular weight is 265 g/mol. The topological polar surface area (TPSA) is 81.0 Å². The Balaban J connectivity index is 2.10. The molecule has 0 spiro atoms. The van der Waals surface area contributed by atoms with E-state index in [2.05, 4.69) is 0 Å². The van der Waals surface area contributed by atoms with Gasteiger partial charge in [0, 0.05) is 24.9 Å². The van der Waals surface area contributed by atoms with E-state index in [4.69, 9.17) is 0 Å². The molecule has 2 atom stereocenters. The molecule has 1 heterocycles. The van der Waals surface area contributed by atoms with Crippen molar-refractivity contribution in [1.29, 1.82) is 0 Å². The van der Waals surface area contributed by atoms with Crippen molar-refractivity contribution >= 4 is 5.91 Å². The molecule has 1 aliphatic rings. The Labute approximate surface area is 112 Å². The molecule has 1 aromatic rings. The number of aliphatic hydroxyl groups is 1. The number of benzene rings is 1. The molecule has 0 saturated carbocycles. The molecule has 1 fully saturated rings. The van der Waals surface area contributed by atoms with Crippen molar-refractivity contribution in [3.05, 3.63) is 23.8 Å². The lowest BCUT2D eigenvalue weighted by Crippen LogP contribution is -2.34. The van der Waals surface area contributed by atoms with E-state index < -0.39 is 6.23 Å². The molecule has 1 saturated heterocycles. The lowest BCUT2D eigenvalue weighted by atomic mass is 9.97. The summed E-state index contributed by atoms with van der Waals surface area (Å²) in [6, 6.07) is 4.34. The van der Waals surface area contributed by atoms with Gasteiger partial charge in [0.15, 0.2) is 0 Å². The molecular formula is C14H19NO4. The van der Waals surface area contributed by atoms with E-state index in [-0.39, 0.29) is 23.3 Å². The average Bonchev–Trinajstić information content (AvgIpc) is 2.61. The fourth-order valence-corrected chi connectivity index (χ4v) is 2.52. The van der Waals surface area contributed by atoms with E-state index in [1.54, 1.807) is 6.07 Å². The first kappa shape index (κ1) is 13.7. The van der Waals surface area contributed by atoms with Crippen molar-refractivity contribution in [2.75, 3.05) is 6.54 Å². The summed E-state index contributed by atoms with van der Waals surface area (Å²) in [4.78, 5) is 13.6. The summed E-state index contributed by atoms with van der Waals surface area (Å²) in [7, 11) is 0. The zero-order valence-electron chi connectivity index (χ0n) is 10.9. The van der Waals surface area contributed by atoms with Gasteiger partial charge < -0.3 is 20.2 Å². The van der Waals surface area contributed by atoms with Crippen LogP contribution < -0.4 is 0 Å². The van der Waals surface area contributed by atoms with Gasteiger partial charge in [-0.05, 0) is 24.5 Å². The Morgan fingerprint density at radius 1 is 1.37 bits per heavy atom. The Bertz CT molecular complexity index is 475. The van der Waals surface area contributed by atoms with E-state index in [1.165, 1.54) is 17.0 Å². The van der Waals surface area contributed by atoms with Crippen LogP contribution >= 0.6 is 0 Å². The third-order valence-corrected chi connectivity index (χ3v) is 3.49. The highest BCUT2D eigenvalue weighted by molar-refractivity contribution is 5.81. The summed E-state index contributed by atoms with van der Waals surface area (Å²) in [6.45, 7) is 2.51. The van der Waals surface area contributed by atoms with Gasteiger partial charge in [-0.2, -0.15) is 0 Å². The maximum absolute atomic E-state index is 12.1. The van der Waals surface area contributed by atoms with Gasteiger partial charge in [0.2, 0.25) is 5.91 Å². The van der Waals surface area contributed by atoms with Crippen LogP contribution in [-0.2, 0) is 11.2 Å². The van der Waals surface area contributed by atoms with Gasteiger partial charge in [0.05, 0.1) is 0 Å². The smallest absolute Gasteiger partial charge is 0.228 e. The number of nitrogens with zero attached hydrogens (tertiary/aromatic N) is 1. The minimum absolute atomic E-state index is 0.00774. The van der Waals surface area contributed by atoms with Crippen LogP contribution in [0.1, 0.15) is 25.3 Å². The second kappa shape index (κ2) is 5.48. The van der Waals surface area contributed by atoms with E-state index in [9.17, 15) is 20.1 Å². The minimum atomic E-state index is -0.725. The predicted octanol–water partition coefficient (Wildman–Crippen LogP) is 1.22. The van der Waals surface area contributed by atoms with Gasteiger partial charge in [-0.15, -0.1) is 0 Å². The summed E-state index contributed by atoms with van der Waals surface area (Å²) in [5.41, 5.74) is 0.613. The highest BCUT2D eigenvalue weighted by Crippen LogP contribution is 2.31. The molecule has 104 valence electrons. The molecule has 0 aliphatic carbocycles. The number of phenolic OH excluding ortho intramolecular Hbond substituents is 2. The van der Waals surface area contributed by atoms with Gasteiger partial charge >= 0.3 is 0 Å². The number of likely N-dealkylation sites (tertiary alicyclic amines) is 1. The molecule has 0 bridgehead atoms. The largest absolute Gasteiger partial charge is 0.508 e. The Kier molecular flexibility index (Phi) is 3.95. The molecule has 3 N–H and O–H groups in total. The molecule has 5 nitrogen and oxygen atoms in total. The van der Waals surface area contributed by atoms with Crippen molar-refractivity contribution in [2.45, 2.75) is 32.4 Å². The van der Waals surface area contributed by atoms with Crippen LogP contribution in [0.5, 0.6) is 11.5 Å². The molecule has 2 unspecified atom stereocenters. The number of carbonyl (C=O) groups is 1. The number of aliphatic hydroxyl groups excluding tert-OH is 1. The first-order valence-electron chi connectivity index (χ1n) is 6.52. The van der Waals surface area contributed by atoms with Crippen molar-refractivity contribution in [3.63, 3.8) is 0 Å². The first-order valence-corrected chi connectivity index (χ1v) is 6.52. The standard InChI is InChI=1S/C14H19NO4/c1-2-5-15-13(18)7-10(14(15)19)6-9-3-4-11(16)8-12(9)17/h3-4,8,10,13,16-18H,2,5-7H2,1H3. The highest BCUT2D eigenvalue weighted by Gasteiger charge is 2.37. The van der Waals surface area contributed by atoms with Crippen molar-refractivity contribution < 1.29 is 20.1 Å². The lowest BCUT2D eigenvalue weighted by Gasteiger charge is -2.19. The maximum atomic E-state index is 12.1. The molecule has 1 amide bonds. The van der Waals surface area contributed by atoms with Crippen LogP contribution in [0.4, 0.5) is 0 Å². The SMILES string of the molecule is CCCN1C(=O)C(Cc2ccc(O)cc2O)CC1O. The number of hydrogen-bond donors (Lipinski definition) is 3. The molecule has 0 radical (unpaired) electrons. The summed E-state index contributed by atoms with van der Waals surface area (Å²) < 4.78 is 0. The molecule has 2 rings (SSSR count). The lowest BCUT2D eigenvalue weighted by molar-refractivity contribution is -0.135. The first-order chi connectivity index (χ1) is 9.02. The van der Waals surface area contributed by atoms with Crippen LogP contribution in [0.25, 0.3) is 0 Å². The van der Waals surface area contributed by atoms with E-state index in [0.717, 1.165) is 6.42 Å². The fraction of sp³-hybridized carbons (Fsp3) is 0.500. The van der Waals surface area contributed by atoms with Crippen molar-refractivity contribution in [2.24, 2.45) is 5.92 Å². The van der Waals surface area contributed by atoms with Crippen LogP contribution in [0.2, 0.25) is 0 Å². The third-order valence-electron chi connectivity index (χ3n) is 3.49. The number of amides is 1. The molecule has 0 aromatic heterocycles. The number of aromatic hydroxyl groups is 2. The quantitative estimate of drug-likeness (QED) is 0.764. The van der Waals surface area contributed by atoms with E-state index in [1.807, 2.05) is 6.92 Å². The zero-order chi connectivity index (χ0) is 14.0. The molecular weight excluding hydrogens is 246 g/mol. The summed E-state index contributed by atoms with van der Waals surface area (Å²) in [5.74, 6) is -0.401. The van der Waals surface area contributed by atoms with Crippen LogP contribution in [0, 0.1) is 5.92 Å². The number of phenols is 2. The summed E-state index contributed by atoms with van der Waals surface area (Å²) >= 11 is 0. The third kappa shape index (κ3) is 2.81. The minimum Gasteiger partial charge on any atom is -0.508 e. The van der Waals surface area contributed by atoms with E-state index in [0.29, 0.717) is 24.9 Å². The second-order valence-corrected chi connectivity index (χ2v) is 4.96.